The van der Waals surface area contributed by atoms with Gasteiger partial charge in [0.05, 0.1) is 13.2 Å². The van der Waals surface area contributed by atoms with Crippen molar-refractivity contribution in [2.24, 2.45) is 0 Å². The Kier molecular flexibility index (Phi) is 8.91. The third-order valence-corrected chi connectivity index (χ3v) is 11.7. The predicted molar refractivity (Wildman–Crippen MR) is 159 cm³/mol. The van der Waals surface area contributed by atoms with Crippen LogP contribution in [0.2, 0.25) is 0 Å². The lowest BCUT2D eigenvalue weighted by molar-refractivity contribution is -0.151. The third kappa shape index (κ3) is 6.10. The van der Waals surface area contributed by atoms with Gasteiger partial charge in [-0.1, -0.05) is 57.2 Å². The monoisotopic (exact) mass is 620 g/mol. The maximum absolute atomic E-state index is 14.0. The molecule has 0 saturated carbocycles. The summed E-state index contributed by atoms with van der Waals surface area (Å²) in [6, 6.07) is 15.2. The van der Waals surface area contributed by atoms with Gasteiger partial charge in [0.15, 0.2) is 14.9 Å². The molecule has 0 amide bonds. The second-order valence-electron chi connectivity index (χ2n) is 11.4. The Morgan fingerprint density at radius 1 is 0.976 bits per heavy atom. The SMILES string of the molecule is CCC(C)(C)c1ccc(C(=O)C(C)(C)[S+]2CCOCC2)cc1-c1cc(OC(=O)C(F)(F)S(=O)(=O)[O-])cc2ccccc12. The quantitative estimate of drug-likeness (QED) is 0.0971. The van der Waals surface area contributed by atoms with E-state index in [1.165, 1.54) is 12.1 Å². The van der Waals surface area contributed by atoms with Crippen LogP contribution in [-0.2, 0) is 36.0 Å². The van der Waals surface area contributed by atoms with Gasteiger partial charge in [-0.15, -0.1) is 0 Å². The average Bonchev–Trinajstić information content (AvgIpc) is 2.95. The van der Waals surface area contributed by atoms with Crippen molar-refractivity contribution in [3.05, 3.63) is 65.7 Å². The first kappa shape index (κ1) is 32.1. The molecule has 0 unspecified atom stereocenters. The predicted octanol–water partition coefficient (Wildman–Crippen LogP) is 5.85. The zero-order valence-corrected chi connectivity index (χ0v) is 25.8. The van der Waals surface area contributed by atoms with Crippen LogP contribution in [-0.4, -0.2) is 59.4 Å². The van der Waals surface area contributed by atoms with E-state index < -0.39 is 26.1 Å². The summed E-state index contributed by atoms with van der Waals surface area (Å²) in [7, 11) is -6.48. The Morgan fingerprint density at radius 3 is 2.24 bits per heavy atom. The van der Waals surface area contributed by atoms with Gasteiger partial charge in [-0.3, -0.25) is 4.79 Å². The van der Waals surface area contributed by atoms with Crippen LogP contribution in [0.3, 0.4) is 0 Å². The molecule has 0 aromatic heterocycles. The first-order valence-corrected chi connectivity index (χ1v) is 16.5. The molecule has 3 aromatic carbocycles. The number of ketones is 1. The number of carbonyl (C=O) groups is 2. The molecule has 0 radical (unpaired) electrons. The van der Waals surface area contributed by atoms with Crippen LogP contribution in [0.15, 0.2) is 54.6 Å². The van der Waals surface area contributed by atoms with Crippen molar-refractivity contribution in [3.63, 3.8) is 0 Å². The summed E-state index contributed by atoms with van der Waals surface area (Å²) >= 11 is 0. The maximum Gasteiger partial charge on any atom is 0.429 e. The molecule has 42 heavy (non-hydrogen) atoms. The Balaban J connectivity index is 1.91. The number of halogens is 2. The minimum atomic E-state index is -6.30. The van der Waals surface area contributed by atoms with Crippen LogP contribution in [0.5, 0.6) is 5.75 Å². The van der Waals surface area contributed by atoms with Crippen molar-refractivity contribution in [1.82, 2.24) is 0 Å². The topological polar surface area (TPSA) is 110 Å². The van der Waals surface area contributed by atoms with Crippen molar-refractivity contribution in [2.75, 3.05) is 24.7 Å². The molecule has 1 aliphatic rings. The van der Waals surface area contributed by atoms with Crippen LogP contribution < -0.4 is 4.74 Å². The van der Waals surface area contributed by atoms with Gasteiger partial charge in [-0.05, 0) is 71.3 Å². The highest BCUT2D eigenvalue weighted by atomic mass is 32.2. The third-order valence-electron chi connectivity index (χ3n) is 8.00. The van der Waals surface area contributed by atoms with E-state index >= 15 is 0 Å². The summed E-state index contributed by atoms with van der Waals surface area (Å²) < 4.78 is 70.7. The molecule has 0 bridgehead atoms. The standard InChI is InChI=1S/C31H34F2O7S2/c1-6-29(2,3)26-12-11-21(27(34)30(4,5)41-15-13-39-14-16-41)18-25(26)24-19-22(17-20-9-7-8-10-23(20)24)40-28(35)31(32,33)42(36,37)38/h7-12,17-19H,6,13-16H2,1-5H3. The minimum Gasteiger partial charge on any atom is -0.743 e. The number of Topliss-reactive ketones (excluding diaryl/α,β-unsaturated/α-hetero) is 1. The summed E-state index contributed by atoms with van der Waals surface area (Å²) in [4.78, 5) is 26.1. The summed E-state index contributed by atoms with van der Waals surface area (Å²) in [5.74, 6) is -1.28. The van der Waals surface area contributed by atoms with Crippen molar-refractivity contribution < 1.29 is 40.8 Å². The van der Waals surface area contributed by atoms with Gasteiger partial charge in [0, 0.05) is 16.5 Å². The molecule has 7 nitrogen and oxygen atoms in total. The normalized spacial score (nSPS) is 15.5. The number of benzene rings is 3. The number of alkyl halides is 2. The Bertz CT molecular complexity index is 1630. The van der Waals surface area contributed by atoms with E-state index in [9.17, 15) is 31.3 Å². The van der Waals surface area contributed by atoms with E-state index in [0.29, 0.717) is 40.7 Å². The summed E-state index contributed by atoms with van der Waals surface area (Å²) in [6.07, 6.45) is 0.739. The summed E-state index contributed by atoms with van der Waals surface area (Å²) in [5, 5.41) is -4.05. The molecule has 0 spiro atoms. The molecule has 226 valence electrons. The van der Waals surface area contributed by atoms with Crippen molar-refractivity contribution in [3.8, 4) is 16.9 Å². The molecule has 1 fully saturated rings. The summed E-state index contributed by atoms with van der Waals surface area (Å²) in [6.45, 7) is 11.2. The van der Waals surface area contributed by atoms with Gasteiger partial charge >= 0.3 is 11.2 Å². The highest BCUT2D eigenvalue weighted by molar-refractivity contribution is 7.99. The fourth-order valence-electron chi connectivity index (χ4n) is 5.03. The summed E-state index contributed by atoms with van der Waals surface area (Å²) in [5.41, 5.74) is 2.15. The second-order valence-corrected chi connectivity index (χ2v) is 15.6. The van der Waals surface area contributed by atoms with Crippen molar-refractivity contribution in [2.45, 2.75) is 56.5 Å². The zero-order valence-electron chi connectivity index (χ0n) is 24.2. The molecule has 4 rings (SSSR count). The number of hydrogen-bond donors (Lipinski definition) is 0. The highest BCUT2D eigenvalue weighted by Crippen LogP contribution is 2.42. The van der Waals surface area contributed by atoms with Crippen LogP contribution in [0, 0.1) is 0 Å². The van der Waals surface area contributed by atoms with Crippen molar-refractivity contribution in [1.29, 1.82) is 0 Å². The van der Waals surface area contributed by atoms with Crippen molar-refractivity contribution >= 4 is 43.5 Å². The van der Waals surface area contributed by atoms with E-state index in [2.05, 4.69) is 0 Å². The molecule has 0 atom stereocenters. The molecular weight excluding hydrogens is 586 g/mol. The van der Waals surface area contributed by atoms with Crippen LogP contribution in [0.25, 0.3) is 21.9 Å². The van der Waals surface area contributed by atoms with E-state index in [1.54, 1.807) is 24.3 Å². The van der Waals surface area contributed by atoms with E-state index in [4.69, 9.17) is 9.47 Å². The van der Waals surface area contributed by atoms with Gasteiger partial charge in [0.25, 0.3) is 0 Å². The fraction of sp³-hybridized carbons (Fsp3) is 0.419. The van der Waals surface area contributed by atoms with E-state index in [0.717, 1.165) is 23.5 Å². The van der Waals surface area contributed by atoms with Gasteiger partial charge < -0.3 is 14.0 Å². The molecule has 1 aliphatic heterocycles. The van der Waals surface area contributed by atoms with E-state index in [-0.39, 0.29) is 27.8 Å². The largest absolute Gasteiger partial charge is 0.743 e. The van der Waals surface area contributed by atoms with Crippen LogP contribution in [0.1, 0.15) is 57.0 Å². The molecule has 1 saturated heterocycles. The molecule has 0 aliphatic carbocycles. The van der Waals surface area contributed by atoms with Gasteiger partial charge in [-0.2, -0.15) is 8.78 Å². The molecule has 1 heterocycles. The lowest BCUT2D eigenvalue weighted by Crippen LogP contribution is -2.47. The minimum absolute atomic E-state index is 0.0259. The number of hydrogen-bond acceptors (Lipinski definition) is 7. The molecular formula is C31H34F2O7S2. The number of esters is 1. The lowest BCUT2D eigenvalue weighted by Gasteiger charge is -2.30. The number of carbonyl (C=O) groups excluding carboxylic acids is 2. The number of ether oxygens (including phenoxy) is 2. The Hall–Kier alpha value is -2.86. The Morgan fingerprint density at radius 2 is 1.62 bits per heavy atom. The first-order chi connectivity index (χ1) is 19.5. The van der Waals surface area contributed by atoms with E-state index in [1.807, 2.05) is 52.8 Å². The fourth-order valence-corrected chi connectivity index (χ4v) is 7.52. The smallest absolute Gasteiger partial charge is 0.429 e. The molecule has 0 N–H and O–H groups in total. The average molecular weight is 621 g/mol. The lowest BCUT2D eigenvalue weighted by atomic mass is 9.76. The van der Waals surface area contributed by atoms with Gasteiger partial charge in [-0.25, -0.2) is 13.2 Å². The number of fused-ring (bicyclic) bond motifs is 1. The van der Waals surface area contributed by atoms with Gasteiger partial charge in [0.2, 0.25) is 5.78 Å². The second kappa shape index (κ2) is 11.7. The maximum atomic E-state index is 14.0. The number of rotatable bonds is 9. The Labute approximate surface area is 247 Å². The van der Waals surface area contributed by atoms with Crippen LogP contribution >= 0.6 is 0 Å². The molecule has 3 aromatic rings. The highest BCUT2D eigenvalue weighted by Gasteiger charge is 2.49. The van der Waals surface area contributed by atoms with Crippen LogP contribution in [0.4, 0.5) is 8.78 Å². The van der Waals surface area contributed by atoms with Gasteiger partial charge in [0.1, 0.15) is 17.3 Å². The zero-order chi connectivity index (χ0) is 31.1. The first-order valence-electron chi connectivity index (χ1n) is 13.5. The molecule has 11 heteroatoms.